The Morgan fingerprint density at radius 2 is 0.700 bits per heavy atom. The molecule has 1 saturated heterocycles. The zero-order chi connectivity index (χ0) is 30.7. The second kappa shape index (κ2) is 16.6. The van der Waals surface area contributed by atoms with E-state index in [0.29, 0.717) is 32.1 Å². The van der Waals surface area contributed by atoms with Crippen molar-refractivity contribution < 1.29 is 24.0 Å². The molecule has 10 nitrogen and oxygen atoms in total. The van der Waals surface area contributed by atoms with Gasteiger partial charge in [-0.1, -0.05) is 82.1 Å². The van der Waals surface area contributed by atoms with Crippen molar-refractivity contribution in [1.29, 1.82) is 0 Å². The Hall–Kier alpha value is -2.65. The molecule has 230 valence electrons. The quantitative estimate of drug-likeness (QED) is 0.277. The molecule has 1 aliphatic heterocycles. The summed E-state index contributed by atoms with van der Waals surface area (Å²) in [7, 11) is 0. The standard InChI is InChI=1S/C30H55N5O5/c1-11-19(9)24-29(39)32-21(13-16(3)4)26(36)31-22(14-17(5)6)27(37)34-25(20(10)12-2)30(40)33-23(15-18(7)8)28(38)35-24/h16-25H,11-15H2,1-10H3,(H,31,36)(H,32,39)(H,33,40)(H,34,37)(H,35,38)/t19-,20-,21-,22-,23-,24-,25-/m0/s1. The molecule has 1 aliphatic rings. The summed E-state index contributed by atoms with van der Waals surface area (Å²) < 4.78 is 0. The molecule has 40 heavy (non-hydrogen) atoms. The van der Waals surface area contributed by atoms with E-state index in [1.807, 2.05) is 69.2 Å². The van der Waals surface area contributed by atoms with Crippen molar-refractivity contribution in [2.24, 2.45) is 29.6 Å². The van der Waals surface area contributed by atoms with Crippen LogP contribution in [0.2, 0.25) is 0 Å². The Kier molecular flexibility index (Phi) is 14.7. The molecule has 5 N–H and O–H groups in total. The maximum Gasteiger partial charge on any atom is 0.243 e. The lowest BCUT2D eigenvalue weighted by Gasteiger charge is -2.30. The number of amides is 5. The first-order valence-corrected chi connectivity index (χ1v) is 15.1. The molecule has 5 amide bonds. The topological polar surface area (TPSA) is 146 Å². The Labute approximate surface area is 241 Å². The molecule has 0 aromatic rings. The van der Waals surface area contributed by atoms with Crippen LogP contribution in [-0.4, -0.2) is 59.7 Å². The lowest BCUT2D eigenvalue weighted by Crippen LogP contribution is -2.59. The fraction of sp³-hybridized carbons (Fsp3) is 0.833. The van der Waals surface area contributed by atoms with E-state index in [-0.39, 0.29) is 29.6 Å². The minimum absolute atomic E-state index is 0.0818. The van der Waals surface area contributed by atoms with Gasteiger partial charge in [-0.25, -0.2) is 0 Å². The highest BCUT2D eigenvalue weighted by Gasteiger charge is 2.37. The van der Waals surface area contributed by atoms with Gasteiger partial charge in [0.2, 0.25) is 29.5 Å². The Morgan fingerprint density at radius 1 is 0.450 bits per heavy atom. The lowest BCUT2D eigenvalue weighted by atomic mass is 9.95. The number of carbonyl (C=O) groups excluding carboxylic acids is 5. The van der Waals surface area contributed by atoms with Crippen molar-refractivity contribution in [3.63, 3.8) is 0 Å². The third kappa shape index (κ3) is 11.1. The largest absolute Gasteiger partial charge is 0.343 e. The average molecular weight is 566 g/mol. The predicted octanol–water partition coefficient (Wildman–Crippen LogP) is 2.65. The van der Waals surface area contributed by atoms with Gasteiger partial charge in [0.1, 0.15) is 30.2 Å². The highest BCUT2D eigenvalue weighted by atomic mass is 16.2. The van der Waals surface area contributed by atoms with Crippen LogP contribution in [0.1, 0.15) is 101 Å². The monoisotopic (exact) mass is 565 g/mol. The second-order valence-electron chi connectivity index (χ2n) is 12.8. The lowest BCUT2D eigenvalue weighted by molar-refractivity contribution is -0.135. The zero-order valence-electron chi connectivity index (χ0n) is 26.4. The van der Waals surface area contributed by atoms with Crippen molar-refractivity contribution in [2.45, 2.75) is 132 Å². The molecule has 0 radical (unpaired) electrons. The minimum Gasteiger partial charge on any atom is -0.343 e. The highest BCUT2D eigenvalue weighted by molar-refractivity contribution is 5.98. The van der Waals surface area contributed by atoms with Gasteiger partial charge in [-0.05, 0) is 48.9 Å². The van der Waals surface area contributed by atoms with Gasteiger partial charge in [0.25, 0.3) is 0 Å². The first-order valence-electron chi connectivity index (χ1n) is 15.1. The molecule has 7 atom stereocenters. The predicted molar refractivity (Wildman–Crippen MR) is 157 cm³/mol. The van der Waals surface area contributed by atoms with E-state index in [0.717, 1.165) is 0 Å². The van der Waals surface area contributed by atoms with Crippen molar-refractivity contribution in [3.05, 3.63) is 0 Å². The fourth-order valence-corrected chi connectivity index (χ4v) is 4.82. The summed E-state index contributed by atoms with van der Waals surface area (Å²) >= 11 is 0. The van der Waals surface area contributed by atoms with E-state index in [1.54, 1.807) is 0 Å². The fourth-order valence-electron chi connectivity index (χ4n) is 4.82. The maximum atomic E-state index is 13.6. The van der Waals surface area contributed by atoms with Crippen LogP contribution in [0, 0.1) is 29.6 Å². The molecule has 10 heteroatoms. The van der Waals surface area contributed by atoms with Gasteiger partial charge >= 0.3 is 0 Å². The number of hydrogen-bond donors (Lipinski definition) is 5. The van der Waals surface area contributed by atoms with Crippen LogP contribution < -0.4 is 26.6 Å². The normalized spacial score (nSPS) is 27.2. The van der Waals surface area contributed by atoms with E-state index in [2.05, 4.69) is 26.6 Å². The molecule has 0 unspecified atom stereocenters. The molecule has 1 rings (SSSR count). The zero-order valence-corrected chi connectivity index (χ0v) is 26.4. The number of hydrogen-bond acceptors (Lipinski definition) is 5. The third-order valence-electron chi connectivity index (χ3n) is 7.61. The number of carbonyl (C=O) groups is 5. The summed E-state index contributed by atoms with van der Waals surface area (Å²) in [4.78, 5) is 67.7. The maximum absolute atomic E-state index is 13.6. The highest BCUT2D eigenvalue weighted by Crippen LogP contribution is 2.16. The molecule has 0 bridgehead atoms. The Morgan fingerprint density at radius 3 is 0.950 bits per heavy atom. The van der Waals surface area contributed by atoms with Crippen LogP contribution in [0.5, 0.6) is 0 Å². The molecule has 0 saturated carbocycles. The van der Waals surface area contributed by atoms with E-state index in [1.165, 1.54) is 0 Å². The van der Waals surface area contributed by atoms with E-state index < -0.39 is 59.7 Å². The molecule has 0 aromatic carbocycles. The van der Waals surface area contributed by atoms with Crippen molar-refractivity contribution in [1.82, 2.24) is 26.6 Å². The summed E-state index contributed by atoms with van der Waals surface area (Å²) in [6, 6.07) is -4.46. The second-order valence-corrected chi connectivity index (χ2v) is 12.8. The van der Waals surface area contributed by atoms with Crippen LogP contribution in [-0.2, 0) is 24.0 Å². The van der Waals surface area contributed by atoms with Gasteiger partial charge in [-0.15, -0.1) is 0 Å². The Balaban J connectivity index is 3.67. The van der Waals surface area contributed by atoms with Crippen LogP contribution in [0.4, 0.5) is 0 Å². The summed E-state index contributed by atoms with van der Waals surface area (Å²) in [5.74, 6) is -2.51. The first kappa shape index (κ1) is 35.4. The average Bonchev–Trinajstić information content (AvgIpc) is 2.86. The molecule has 0 spiro atoms. The smallest absolute Gasteiger partial charge is 0.243 e. The van der Waals surface area contributed by atoms with Gasteiger partial charge in [-0.2, -0.15) is 0 Å². The van der Waals surface area contributed by atoms with Crippen molar-refractivity contribution in [3.8, 4) is 0 Å². The molecule has 0 aliphatic carbocycles. The van der Waals surface area contributed by atoms with E-state index in [9.17, 15) is 24.0 Å². The molecule has 1 heterocycles. The SMILES string of the molecule is CC[C@H](C)[C@@H]1NC(=O)[C@H](CC(C)C)NC(=O)[C@H]([C@@H](C)CC)NC(=O)[C@H](CC(C)C)NC(=O)[C@H](CC(C)C)NC1=O. The number of rotatable bonds is 10. The Bertz CT molecular complexity index is 859. The van der Waals surface area contributed by atoms with Gasteiger partial charge < -0.3 is 26.6 Å². The van der Waals surface area contributed by atoms with E-state index >= 15 is 0 Å². The molecule has 1 fully saturated rings. The molecule has 0 aromatic heterocycles. The first-order chi connectivity index (χ1) is 18.6. The number of nitrogens with one attached hydrogen (secondary N) is 5. The van der Waals surface area contributed by atoms with Crippen molar-refractivity contribution in [2.75, 3.05) is 0 Å². The van der Waals surface area contributed by atoms with Gasteiger partial charge in [0.15, 0.2) is 0 Å². The van der Waals surface area contributed by atoms with Gasteiger partial charge in [0.05, 0.1) is 0 Å². The third-order valence-corrected chi connectivity index (χ3v) is 7.61. The van der Waals surface area contributed by atoms with Gasteiger partial charge in [0, 0.05) is 0 Å². The summed E-state index contributed by atoms with van der Waals surface area (Å²) in [6.07, 6.45) is 2.32. The molecular formula is C30H55N5O5. The van der Waals surface area contributed by atoms with Crippen LogP contribution >= 0.6 is 0 Å². The summed E-state index contributed by atoms with van der Waals surface area (Å²) in [5, 5.41) is 14.3. The van der Waals surface area contributed by atoms with E-state index in [4.69, 9.17) is 0 Å². The van der Waals surface area contributed by atoms with Gasteiger partial charge in [-0.3, -0.25) is 24.0 Å². The summed E-state index contributed by atoms with van der Waals surface area (Å²) in [5.41, 5.74) is 0. The molecular weight excluding hydrogens is 510 g/mol. The minimum atomic E-state index is -0.895. The van der Waals surface area contributed by atoms with Crippen LogP contribution in [0.3, 0.4) is 0 Å². The van der Waals surface area contributed by atoms with Crippen LogP contribution in [0.15, 0.2) is 0 Å². The summed E-state index contributed by atoms with van der Waals surface area (Å²) in [6.45, 7) is 19.3. The van der Waals surface area contributed by atoms with Crippen LogP contribution in [0.25, 0.3) is 0 Å². The van der Waals surface area contributed by atoms with Crippen molar-refractivity contribution >= 4 is 29.5 Å².